The molecule has 1 nitrogen and oxygen atoms in total. The Bertz CT molecular complexity index is 336. The van der Waals surface area contributed by atoms with Gasteiger partial charge in [-0.15, -0.1) is 0 Å². The van der Waals surface area contributed by atoms with Gasteiger partial charge in [0.05, 0.1) is 0 Å². The van der Waals surface area contributed by atoms with Crippen LogP contribution in [-0.2, 0) is 5.92 Å². The summed E-state index contributed by atoms with van der Waals surface area (Å²) in [6.45, 7) is 5.35. The van der Waals surface area contributed by atoms with Crippen molar-refractivity contribution >= 4 is 0 Å². The smallest absolute Gasteiger partial charge is 0.274 e. The van der Waals surface area contributed by atoms with Gasteiger partial charge in [-0.05, 0) is 38.4 Å². The van der Waals surface area contributed by atoms with Crippen LogP contribution in [0.25, 0.3) is 0 Å². The van der Waals surface area contributed by atoms with E-state index in [9.17, 15) is 8.78 Å². The van der Waals surface area contributed by atoms with E-state index in [-0.39, 0.29) is 18.5 Å². The molecule has 0 aromatic heterocycles. The third kappa shape index (κ3) is 2.53. The van der Waals surface area contributed by atoms with Gasteiger partial charge < -0.3 is 5.73 Å². The van der Waals surface area contributed by atoms with Crippen LogP contribution >= 0.6 is 0 Å². The van der Waals surface area contributed by atoms with Crippen molar-refractivity contribution in [1.29, 1.82) is 0 Å². The molecule has 0 unspecified atom stereocenters. The fourth-order valence-corrected chi connectivity index (χ4v) is 2.06. The molecule has 1 rings (SSSR count). The van der Waals surface area contributed by atoms with Crippen LogP contribution in [0, 0.1) is 20.8 Å². The van der Waals surface area contributed by atoms with Gasteiger partial charge in [0.2, 0.25) is 0 Å². The van der Waals surface area contributed by atoms with E-state index in [1.165, 1.54) is 0 Å². The van der Waals surface area contributed by atoms with Gasteiger partial charge in [0.25, 0.3) is 5.92 Å². The lowest BCUT2D eigenvalue weighted by molar-refractivity contribution is -0.0119. The van der Waals surface area contributed by atoms with E-state index in [2.05, 4.69) is 0 Å². The van der Waals surface area contributed by atoms with Crippen molar-refractivity contribution in [3.8, 4) is 0 Å². The maximum Gasteiger partial charge on any atom is 0.274 e. The monoisotopic (exact) mass is 213 g/mol. The highest BCUT2D eigenvalue weighted by atomic mass is 19.3. The molecule has 1 aromatic rings. The maximum atomic E-state index is 13.7. The van der Waals surface area contributed by atoms with Gasteiger partial charge in [-0.3, -0.25) is 0 Å². The predicted octanol–water partition coefficient (Wildman–Crippen LogP) is 3.05. The summed E-state index contributed by atoms with van der Waals surface area (Å²) < 4.78 is 27.5. The van der Waals surface area contributed by atoms with Crippen LogP contribution in [-0.4, -0.2) is 6.54 Å². The molecule has 0 amide bonds. The van der Waals surface area contributed by atoms with Crippen LogP contribution < -0.4 is 5.73 Å². The quantitative estimate of drug-likeness (QED) is 0.820. The zero-order valence-corrected chi connectivity index (χ0v) is 9.40. The first-order chi connectivity index (χ1) is 6.88. The fourth-order valence-electron chi connectivity index (χ4n) is 2.06. The average molecular weight is 213 g/mol. The molecule has 0 aliphatic heterocycles. The van der Waals surface area contributed by atoms with Crippen molar-refractivity contribution in [2.24, 2.45) is 5.73 Å². The molecule has 0 radical (unpaired) electrons. The standard InChI is InChI=1S/C12H17F2N/c1-8-6-9(2)11(10(3)7-8)12(13,14)4-5-15/h6-7H,4-5,15H2,1-3H3. The third-order valence-corrected chi connectivity index (χ3v) is 2.50. The van der Waals surface area contributed by atoms with Gasteiger partial charge in [0, 0.05) is 12.0 Å². The van der Waals surface area contributed by atoms with Crippen molar-refractivity contribution in [3.05, 3.63) is 34.4 Å². The van der Waals surface area contributed by atoms with E-state index in [4.69, 9.17) is 5.73 Å². The van der Waals surface area contributed by atoms with Crippen LogP contribution in [0.5, 0.6) is 0 Å². The largest absolute Gasteiger partial charge is 0.330 e. The second-order valence-corrected chi connectivity index (χ2v) is 4.02. The summed E-state index contributed by atoms with van der Waals surface area (Å²) in [4.78, 5) is 0. The molecule has 0 aliphatic carbocycles. The molecule has 84 valence electrons. The highest BCUT2D eigenvalue weighted by Crippen LogP contribution is 2.36. The molecule has 3 heteroatoms. The Kier molecular flexibility index (Phi) is 3.45. The molecule has 2 N–H and O–H groups in total. The van der Waals surface area contributed by atoms with Crippen molar-refractivity contribution in [1.82, 2.24) is 0 Å². The first-order valence-electron chi connectivity index (χ1n) is 5.04. The highest BCUT2D eigenvalue weighted by molar-refractivity contribution is 5.40. The van der Waals surface area contributed by atoms with Gasteiger partial charge in [-0.1, -0.05) is 17.7 Å². The number of hydrogen-bond donors (Lipinski definition) is 1. The lowest BCUT2D eigenvalue weighted by atomic mass is 9.93. The van der Waals surface area contributed by atoms with Crippen molar-refractivity contribution < 1.29 is 8.78 Å². The third-order valence-electron chi connectivity index (χ3n) is 2.50. The Morgan fingerprint density at radius 3 is 2.00 bits per heavy atom. The summed E-state index contributed by atoms with van der Waals surface area (Å²) in [6, 6.07) is 3.57. The molecule has 0 saturated carbocycles. The Morgan fingerprint density at radius 2 is 1.60 bits per heavy atom. The molecule has 0 fully saturated rings. The number of aryl methyl sites for hydroxylation is 3. The average Bonchev–Trinajstić information content (AvgIpc) is 1.99. The second-order valence-electron chi connectivity index (χ2n) is 4.02. The van der Waals surface area contributed by atoms with Crippen LogP contribution in [0.4, 0.5) is 8.78 Å². The predicted molar refractivity (Wildman–Crippen MR) is 58.2 cm³/mol. The van der Waals surface area contributed by atoms with E-state index in [1.54, 1.807) is 26.0 Å². The molecule has 0 bridgehead atoms. The van der Waals surface area contributed by atoms with E-state index in [0.717, 1.165) is 5.56 Å². The molecule has 0 saturated heterocycles. The minimum absolute atomic E-state index is 0.000242. The zero-order chi connectivity index (χ0) is 11.6. The van der Waals surface area contributed by atoms with Gasteiger partial charge in [0.15, 0.2) is 0 Å². The number of rotatable bonds is 3. The number of nitrogens with two attached hydrogens (primary N) is 1. The molecular weight excluding hydrogens is 196 g/mol. The summed E-state index contributed by atoms with van der Waals surface area (Å²) in [5, 5.41) is 0. The number of alkyl halides is 2. The molecule has 0 heterocycles. The molecular formula is C12H17F2N. The van der Waals surface area contributed by atoms with Crippen LogP contribution in [0.1, 0.15) is 28.7 Å². The molecule has 0 atom stereocenters. The molecule has 15 heavy (non-hydrogen) atoms. The van der Waals surface area contributed by atoms with Crippen LogP contribution in [0.15, 0.2) is 12.1 Å². The lowest BCUT2D eigenvalue weighted by Crippen LogP contribution is -2.21. The SMILES string of the molecule is Cc1cc(C)c(C(F)(F)CCN)c(C)c1. The second kappa shape index (κ2) is 4.27. The lowest BCUT2D eigenvalue weighted by Gasteiger charge is -2.21. The van der Waals surface area contributed by atoms with Gasteiger partial charge >= 0.3 is 0 Å². The maximum absolute atomic E-state index is 13.7. The van der Waals surface area contributed by atoms with Crippen molar-refractivity contribution in [3.63, 3.8) is 0 Å². The topological polar surface area (TPSA) is 26.0 Å². The molecule has 1 aromatic carbocycles. The van der Waals surface area contributed by atoms with Crippen LogP contribution in [0.3, 0.4) is 0 Å². The fraction of sp³-hybridized carbons (Fsp3) is 0.500. The van der Waals surface area contributed by atoms with Gasteiger partial charge in [-0.2, -0.15) is 0 Å². The minimum Gasteiger partial charge on any atom is -0.330 e. The first-order valence-corrected chi connectivity index (χ1v) is 5.04. The summed E-state index contributed by atoms with van der Waals surface area (Å²) in [6.07, 6.45) is -0.294. The van der Waals surface area contributed by atoms with Crippen molar-refractivity contribution in [2.75, 3.05) is 6.54 Å². The van der Waals surface area contributed by atoms with Crippen LogP contribution in [0.2, 0.25) is 0 Å². The van der Waals surface area contributed by atoms with Gasteiger partial charge in [0.1, 0.15) is 0 Å². The molecule has 0 spiro atoms. The minimum atomic E-state index is -2.81. The number of halogens is 2. The number of hydrogen-bond acceptors (Lipinski definition) is 1. The number of benzene rings is 1. The van der Waals surface area contributed by atoms with Gasteiger partial charge in [-0.25, -0.2) is 8.78 Å². The summed E-state index contributed by atoms with van der Waals surface area (Å²) in [5.74, 6) is -2.81. The van der Waals surface area contributed by atoms with E-state index >= 15 is 0 Å². The van der Waals surface area contributed by atoms with E-state index in [0.29, 0.717) is 11.1 Å². The Labute approximate surface area is 89.3 Å². The summed E-state index contributed by atoms with van der Waals surface area (Å²) >= 11 is 0. The highest BCUT2D eigenvalue weighted by Gasteiger charge is 2.33. The Morgan fingerprint density at radius 1 is 1.13 bits per heavy atom. The summed E-state index contributed by atoms with van der Waals surface area (Å²) in [7, 11) is 0. The zero-order valence-electron chi connectivity index (χ0n) is 9.40. The Balaban J connectivity index is 3.24. The van der Waals surface area contributed by atoms with Crippen molar-refractivity contribution in [2.45, 2.75) is 33.1 Å². The molecule has 0 aliphatic rings. The normalized spacial score (nSPS) is 11.9. The Hall–Kier alpha value is -0.960. The van der Waals surface area contributed by atoms with E-state index in [1.807, 2.05) is 6.92 Å². The summed E-state index contributed by atoms with van der Waals surface area (Å²) in [5.41, 5.74) is 7.64. The first kappa shape index (κ1) is 12.1. The van der Waals surface area contributed by atoms with E-state index < -0.39 is 5.92 Å².